The summed E-state index contributed by atoms with van der Waals surface area (Å²) in [4.78, 5) is 12.1. The Hall–Kier alpha value is -1.09. The second-order valence-corrected chi connectivity index (χ2v) is 6.36. The van der Waals surface area contributed by atoms with E-state index in [-0.39, 0.29) is 23.9 Å². The van der Waals surface area contributed by atoms with E-state index < -0.39 is 6.10 Å². The van der Waals surface area contributed by atoms with Crippen molar-refractivity contribution in [3.8, 4) is 0 Å². The van der Waals surface area contributed by atoms with Gasteiger partial charge in [-0.1, -0.05) is 45.9 Å². The van der Waals surface area contributed by atoms with E-state index in [0.29, 0.717) is 18.3 Å². The van der Waals surface area contributed by atoms with E-state index in [1.54, 1.807) is 0 Å². The van der Waals surface area contributed by atoms with Gasteiger partial charge in [-0.2, -0.15) is 0 Å². The van der Waals surface area contributed by atoms with Gasteiger partial charge in [0.15, 0.2) is 0 Å². The maximum absolute atomic E-state index is 12.1. The maximum atomic E-state index is 12.1. The van der Waals surface area contributed by atoms with Crippen LogP contribution >= 0.6 is 0 Å². The molecular weight excluding hydrogens is 252 g/mol. The number of hydrogen-bond donors (Lipinski definition) is 1. The van der Waals surface area contributed by atoms with Crippen LogP contribution < -0.4 is 0 Å². The molecule has 3 nitrogen and oxygen atoms in total. The van der Waals surface area contributed by atoms with Crippen molar-refractivity contribution in [1.29, 1.82) is 0 Å². The first-order valence-corrected chi connectivity index (χ1v) is 7.72. The number of aliphatic hydroxyl groups is 1. The Kier molecular flexibility index (Phi) is 4.69. The highest BCUT2D eigenvalue weighted by Crippen LogP contribution is 2.41. The summed E-state index contributed by atoms with van der Waals surface area (Å²) in [6.45, 7) is 8.27. The molecule has 0 aromatic rings. The zero-order valence-corrected chi connectivity index (χ0v) is 12.9. The van der Waals surface area contributed by atoms with Crippen LogP contribution in [0.2, 0.25) is 0 Å². The smallest absolute Gasteiger partial charge is 0.308 e. The van der Waals surface area contributed by atoms with Crippen molar-refractivity contribution in [1.82, 2.24) is 0 Å². The lowest BCUT2D eigenvalue weighted by molar-refractivity contribution is -0.158. The number of rotatable bonds is 3. The maximum Gasteiger partial charge on any atom is 0.308 e. The monoisotopic (exact) mass is 278 g/mol. The fourth-order valence-electron chi connectivity index (χ4n) is 3.13. The minimum atomic E-state index is -0.513. The van der Waals surface area contributed by atoms with Crippen molar-refractivity contribution in [2.75, 3.05) is 0 Å². The molecule has 2 rings (SSSR count). The molecule has 0 bridgehead atoms. The largest absolute Gasteiger partial charge is 0.461 e. The Bertz CT molecular complexity index is 424. The van der Waals surface area contributed by atoms with Gasteiger partial charge >= 0.3 is 5.97 Å². The minimum absolute atomic E-state index is 0.0756. The van der Waals surface area contributed by atoms with Gasteiger partial charge in [0.05, 0.1) is 12.0 Å². The van der Waals surface area contributed by atoms with E-state index >= 15 is 0 Å². The molecular formula is C17H26O3. The Balaban J connectivity index is 2.19. The lowest BCUT2D eigenvalue weighted by Crippen LogP contribution is -2.41. The van der Waals surface area contributed by atoms with E-state index in [9.17, 15) is 9.90 Å². The number of ether oxygens (including phenoxy) is 1. The number of esters is 1. The zero-order valence-electron chi connectivity index (χ0n) is 12.9. The topological polar surface area (TPSA) is 46.5 Å². The summed E-state index contributed by atoms with van der Waals surface area (Å²) in [7, 11) is 0. The molecule has 0 fully saturated rings. The number of carbonyl (C=O) groups is 1. The average Bonchev–Trinajstić information content (AvgIpc) is 2.41. The molecule has 20 heavy (non-hydrogen) atoms. The Morgan fingerprint density at radius 1 is 1.50 bits per heavy atom. The van der Waals surface area contributed by atoms with Crippen molar-refractivity contribution in [3.63, 3.8) is 0 Å². The Morgan fingerprint density at radius 3 is 2.85 bits per heavy atom. The number of aliphatic hydroxyl groups excluding tert-OH is 1. The SMILES string of the molecule is CC[C@H](C)C(=O)O[C@H]1CC(O)C=C2C=CC(C)C(C)C21. The van der Waals surface area contributed by atoms with Crippen LogP contribution in [-0.4, -0.2) is 23.3 Å². The summed E-state index contributed by atoms with van der Waals surface area (Å²) in [6, 6.07) is 0. The molecule has 112 valence electrons. The predicted molar refractivity (Wildman–Crippen MR) is 79.0 cm³/mol. The minimum Gasteiger partial charge on any atom is -0.461 e. The second-order valence-electron chi connectivity index (χ2n) is 6.36. The van der Waals surface area contributed by atoms with Gasteiger partial charge in [-0.3, -0.25) is 4.79 Å². The van der Waals surface area contributed by atoms with Crippen LogP contribution in [0.4, 0.5) is 0 Å². The number of hydrogen-bond acceptors (Lipinski definition) is 3. The van der Waals surface area contributed by atoms with Gasteiger partial charge < -0.3 is 9.84 Å². The van der Waals surface area contributed by atoms with E-state index in [0.717, 1.165) is 12.0 Å². The summed E-state index contributed by atoms with van der Waals surface area (Å²) >= 11 is 0. The lowest BCUT2D eigenvalue weighted by Gasteiger charge is -2.41. The van der Waals surface area contributed by atoms with Crippen molar-refractivity contribution in [2.24, 2.45) is 23.7 Å². The van der Waals surface area contributed by atoms with Gasteiger partial charge in [-0.15, -0.1) is 0 Å². The van der Waals surface area contributed by atoms with Crippen LogP contribution in [0.25, 0.3) is 0 Å². The summed E-state index contributed by atoms with van der Waals surface area (Å²) in [5.74, 6) is 0.894. The normalized spacial score (nSPS) is 37.9. The molecule has 0 radical (unpaired) electrons. The van der Waals surface area contributed by atoms with Crippen molar-refractivity contribution >= 4 is 5.97 Å². The highest BCUT2D eigenvalue weighted by atomic mass is 16.5. The van der Waals surface area contributed by atoms with Gasteiger partial charge in [0.2, 0.25) is 0 Å². The molecule has 3 heteroatoms. The van der Waals surface area contributed by atoms with Crippen LogP contribution in [0.1, 0.15) is 40.5 Å². The summed E-state index contributed by atoms with van der Waals surface area (Å²) < 4.78 is 5.73. The predicted octanol–water partition coefficient (Wildman–Crippen LogP) is 3.09. The molecule has 1 N–H and O–H groups in total. The third-order valence-corrected chi connectivity index (χ3v) is 4.91. The van der Waals surface area contributed by atoms with E-state index in [2.05, 4.69) is 26.0 Å². The first-order chi connectivity index (χ1) is 9.43. The summed E-state index contributed by atoms with van der Waals surface area (Å²) in [6.07, 6.45) is 6.77. The molecule has 2 aliphatic carbocycles. The van der Waals surface area contributed by atoms with Gasteiger partial charge in [0, 0.05) is 12.3 Å². The Morgan fingerprint density at radius 2 is 2.20 bits per heavy atom. The van der Waals surface area contributed by atoms with E-state index in [4.69, 9.17) is 4.74 Å². The molecule has 4 unspecified atom stereocenters. The van der Waals surface area contributed by atoms with Crippen molar-refractivity contribution < 1.29 is 14.6 Å². The van der Waals surface area contributed by atoms with Crippen LogP contribution in [0.5, 0.6) is 0 Å². The highest BCUT2D eigenvalue weighted by Gasteiger charge is 2.40. The highest BCUT2D eigenvalue weighted by molar-refractivity contribution is 5.72. The molecule has 0 aromatic carbocycles. The molecule has 0 aromatic heterocycles. The molecule has 0 saturated carbocycles. The molecule has 6 atom stereocenters. The number of carbonyl (C=O) groups excluding carboxylic acids is 1. The number of fused-ring (bicyclic) bond motifs is 1. The van der Waals surface area contributed by atoms with Gasteiger partial charge in [0.1, 0.15) is 6.10 Å². The standard InChI is InChI=1S/C17H26O3/c1-5-10(2)17(19)20-15-9-14(18)8-13-7-6-11(3)12(4)16(13)15/h6-8,10-12,14-16,18H,5,9H2,1-4H3/t10-,11?,12?,14?,15-,16?/m0/s1. The van der Waals surface area contributed by atoms with Gasteiger partial charge in [0.25, 0.3) is 0 Å². The molecule has 0 amide bonds. The van der Waals surface area contributed by atoms with Gasteiger partial charge in [-0.05, 0) is 23.8 Å². The van der Waals surface area contributed by atoms with E-state index in [1.165, 1.54) is 0 Å². The van der Waals surface area contributed by atoms with Gasteiger partial charge in [-0.25, -0.2) is 0 Å². The molecule has 0 aliphatic heterocycles. The van der Waals surface area contributed by atoms with E-state index in [1.807, 2.05) is 19.9 Å². The van der Waals surface area contributed by atoms with Crippen LogP contribution in [0.3, 0.4) is 0 Å². The quantitative estimate of drug-likeness (QED) is 0.807. The van der Waals surface area contributed by atoms with Crippen LogP contribution in [0, 0.1) is 23.7 Å². The van der Waals surface area contributed by atoms with Crippen molar-refractivity contribution in [3.05, 3.63) is 23.8 Å². The molecule has 0 spiro atoms. The first-order valence-electron chi connectivity index (χ1n) is 7.72. The Labute approximate surface area is 121 Å². The fraction of sp³-hybridized carbons (Fsp3) is 0.706. The second kappa shape index (κ2) is 6.13. The summed E-state index contributed by atoms with van der Waals surface area (Å²) in [5.41, 5.74) is 1.12. The fourth-order valence-corrected chi connectivity index (χ4v) is 3.13. The van der Waals surface area contributed by atoms with Crippen LogP contribution in [0.15, 0.2) is 23.8 Å². The lowest BCUT2D eigenvalue weighted by atomic mass is 9.69. The third-order valence-electron chi connectivity index (χ3n) is 4.91. The van der Waals surface area contributed by atoms with Crippen LogP contribution in [-0.2, 0) is 9.53 Å². The zero-order chi connectivity index (χ0) is 14.9. The summed E-state index contributed by atoms with van der Waals surface area (Å²) in [5, 5.41) is 9.98. The third kappa shape index (κ3) is 2.98. The van der Waals surface area contributed by atoms with Crippen molar-refractivity contribution in [2.45, 2.75) is 52.7 Å². The number of allylic oxidation sites excluding steroid dienone is 2. The molecule has 2 aliphatic rings. The first kappa shape index (κ1) is 15.3. The average molecular weight is 278 g/mol. The molecule has 0 heterocycles. The molecule has 0 saturated heterocycles.